The largest absolute Gasteiger partial charge is 0.506 e. The number of phenolic OH excluding ortho intramolecular Hbond substituents is 3. The Morgan fingerprint density at radius 2 is 0.495 bits per heavy atom. The van der Waals surface area contributed by atoms with Crippen molar-refractivity contribution in [2.24, 2.45) is 15.0 Å². The van der Waals surface area contributed by atoms with Crippen LogP contribution in [0.5, 0.6) is 17.2 Å². The number of aliphatic hydroxyl groups excluding tert-OH is 6. The highest BCUT2D eigenvalue weighted by molar-refractivity contribution is 6.05. The molecule has 3 atom stereocenters. The van der Waals surface area contributed by atoms with E-state index in [1.807, 2.05) is 153 Å². The van der Waals surface area contributed by atoms with Gasteiger partial charge in [0.25, 0.3) is 0 Å². The van der Waals surface area contributed by atoms with Crippen molar-refractivity contribution in [2.45, 2.75) is 96.9 Å². The van der Waals surface area contributed by atoms with Gasteiger partial charge < -0.3 is 46.0 Å². The van der Waals surface area contributed by atoms with Crippen LogP contribution in [0.1, 0.15) is 197 Å². The second-order valence-electron chi connectivity index (χ2n) is 28.7. The highest BCUT2D eigenvalue weighted by Gasteiger charge is 2.26. The fraction of sp³-hybridized carbons (Fsp3) is 0.182. The molecule has 0 amide bonds. The summed E-state index contributed by atoms with van der Waals surface area (Å²) in [6, 6.07) is 60.6. The van der Waals surface area contributed by atoms with Crippen molar-refractivity contribution in [2.75, 3.05) is 19.8 Å². The van der Waals surface area contributed by atoms with E-state index >= 15 is 0 Å². The van der Waals surface area contributed by atoms with E-state index in [-0.39, 0.29) is 67.1 Å². The fourth-order valence-corrected chi connectivity index (χ4v) is 11.1. The Hall–Kier alpha value is -13.6. The first-order valence-corrected chi connectivity index (χ1v) is 35.7. The molecule has 12 heteroatoms. The van der Waals surface area contributed by atoms with Gasteiger partial charge in [0, 0.05) is 52.0 Å². The molecule has 0 aliphatic rings. The van der Waals surface area contributed by atoms with Crippen LogP contribution in [0.2, 0.25) is 0 Å². The van der Waals surface area contributed by atoms with Crippen molar-refractivity contribution in [1.82, 2.24) is 0 Å². The third kappa shape index (κ3) is 21.6. The molecule has 111 heavy (non-hydrogen) atoms. The maximum Gasteiger partial charge on any atom is 0.140 e. The SMILES string of the molecule is CC(C)(C)c1cc(C#CCO)c(N=Cc2c(O)c(C=Nc3c(C#CCO)cc(C(C)(C)C)cc3C#C[C@@H](O)c3ccc(C#Cc4ccccc4)cc3)c(O)c(C=Nc3c(C#CCO)cc(C(C)(C)C)cc3C#C[C@@H](O)c3ccc(C#Cc4ccccc4)cc3)c2O)c(C#C[C@@H](O)c2ccc(C#Cc3ccccc3)cc2)c1. The van der Waals surface area contributed by atoms with Gasteiger partial charge in [-0.05, 0) is 159 Å². The number of nitrogens with zero attached hydrogens (tertiary/aromatic N) is 3. The molecule has 9 N–H and O–H groups in total. The maximum absolute atomic E-state index is 12.8. The van der Waals surface area contributed by atoms with Crippen LogP contribution in [0.25, 0.3) is 0 Å². The number of aliphatic imine (C=N–C) groups is 3. The quantitative estimate of drug-likeness (QED) is 0.0495. The molecule has 10 aromatic rings. The molecular weight excluding hydrogens is 1380 g/mol. The van der Waals surface area contributed by atoms with E-state index in [0.717, 1.165) is 68.7 Å². The van der Waals surface area contributed by atoms with Crippen molar-refractivity contribution >= 4 is 35.7 Å². The van der Waals surface area contributed by atoms with Crippen molar-refractivity contribution in [3.63, 3.8) is 0 Å². The highest BCUT2D eigenvalue weighted by Crippen LogP contribution is 2.43. The summed E-state index contributed by atoms with van der Waals surface area (Å²) in [5.41, 5.74) is 7.82. The number of aromatic hydroxyl groups is 3. The number of phenols is 3. The normalized spacial score (nSPS) is 11.8. The molecule has 0 aliphatic heterocycles. The van der Waals surface area contributed by atoms with Gasteiger partial charge in [0.1, 0.15) is 55.4 Å². The Morgan fingerprint density at radius 1 is 0.288 bits per heavy atom. The Balaban J connectivity index is 1.16. The number of rotatable bonds is 9. The van der Waals surface area contributed by atoms with Gasteiger partial charge in [-0.1, -0.05) is 260 Å². The second-order valence-corrected chi connectivity index (χ2v) is 28.7. The molecule has 10 rings (SSSR count). The summed E-state index contributed by atoms with van der Waals surface area (Å²) in [5.74, 6) is 52.2. The zero-order valence-corrected chi connectivity index (χ0v) is 63.0. The summed E-state index contributed by atoms with van der Waals surface area (Å²) in [6.45, 7) is 16.4. The standard InChI is InChI=1S/C99H81N3O9/c1-97(2,3)82-58-76(28-19-55-103)91(79(61-82)49-52-88(106)73-43-37-70(38-44-73)34-31-67-22-13-10-14-23-67)100-64-85-94(109)86(65-101-92-77(29-20-56-104)59-83(98(4,5)6)62-80(92)50-53-89(107)74-45-39-71(40-46-74)35-32-68-24-15-11-16-25-68)96(111)87(95(85)110)66-102-93-78(30-21-57-105)60-84(99(7,8)9)63-81(93)51-54-90(108)75-47-41-72(42-48-75)36-33-69-26-17-12-18-27-69/h10-18,22-27,37-48,58-66,88-90,103-111H,55-57H2,1-9H3/t88-,89-,90-/m1/s1. The molecule has 12 nitrogen and oxygen atoms in total. The van der Waals surface area contributed by atoms with E-state index in [1.165, 1.54) is 0 Å². The summed E-state index contributed by atoms with van der Waals surface area (Å²) in [5, 5.41) is 104. The Morgan fingerprint density at radius 3 is 0.703 bits per heavy atom. The van der Waals surface area contributed by atoms with Crippen LogP contribution in [0.3, 0.4) is 0 Å². The van der Waals surface area contributed by atoms with Crippen LogP contribution in [-0.4, -0.2) is 84.4 Å². The van der Waals surface area contributed by atoms with E-state index < -0.39 is 71.6 Å². The van der Waals surface area contributed by atoms with Crippen LogP contribution in [0.4, 0.5) is 17.1 Å². The number of benzene rings is 10. The molecule has 10 aromatic carbocycles. The van der Waals surface area contributed by atoms with Gasteiger partial charge in [-0.3, -0.25) is 15.0 Å². The minimum atomic E-state index is -1.31. The number of aliphatic hydroxyl groups is 6. The molecule has 546 valence electrons. The van der Waals surface area contributed by atoms with E-state index in [0.29, 0.717) is 16.7 Å². The molecule has 0 fully saturated rings. The van der Waals surface area contributed by atoms with Crippen molar-refractivity contribution in [1.29, 1.82) is 0 Å². The minimum absolute atomic E-state index is 0.112. The Bertz CT molecular complexity index is 5230. The van der Waals surface area contributed by atoms with Gasteiger partial charge in [-0.15, -0.1) is 0 Å². The lowest BCUT2D eigenvalue weighted by atomic mass is 9.84. The zero-order chi connectivity index (χ0) is 79.2. The first-order chi connectivity index (χ1) is 53.3. The summed E-state index contributed by atoms with van der Waals surface area (Å²) in [4.78, 5) is 14.8. The first kappa shape index (κ1) is 80.0. The smallest absolute Gasteiger partial charge is 0.140 e. The van der Waals surface area contributed by atoms with Crippen LogP contribution in [0, 0.1) is 107 Å². The first-order valence-electron chi connectivity index (χ1n) is 35.7. The summed E-state index contributed by atoms with van der Waals surface area (Å²) >= 11 is 0. The van der Waals surface area contributed by atoms with Gasteiger partial charge in [0.15, 0.2) is 0 Å². The molecule has 0 spiro atoms. The monoisotopic (exact) mass is 1460 g/mol. The molecule has 0 aliphatic carbocycles. The number of hydrogen-bond donors (Lipinski definition) is 9. The summed E-state index contributed by atoms with van der Waals surface area (Å²) in [6.07, 6.45) is -0.467. The molecule has 0 aromatic heterocycles. The molecule has 0 radical (unpaired) electrons. The lowest BCUT2D eigenvalue weighted by Crippen LogP contribution is -2.12. The van der Waals surface area contributed by atoms with E-state index in [4.69, 9.17) is 15.0 Å². The molecule has 0 bridgehead atoms. The van der Waals surface area contributed by atoms with Crippen LogP contribution >= 0.6 is 0 Å². The summed E-state index contributed by atoms with van der Waals surface area (Å²) in [7, 11) is 0. The molecule has 0 saturated heterocycles. The maximum atomic E-state index is 12.8. The van der Waals surface area contributed by atoms with Gasteiger partial charge >= 0.3 is 0 Å². The minimum Gasteiger partial charge on any atom is -0.506 e. The van der Waals surface area contributed by atoms with Crippen molar-refractivity contribution in [3.05, 3.63) is 317 Å². The molecule has 0 unspecified atom stereocenters. The molecule has 0 heterocycles. The average molecular weight is 1460 g/mol. The lowest BCUT2D eigenvalue weighted by molar-refractivity contribution is 0.238. The van der Waals surface area contributed by atoms with Gasteiger partial charge in [-0.25, -0.2) is 0 Å². The van der Waals surface area contributed by atoms with Crippen LogP contribution in [0.15, 0.2) is 215 Å². The lowest BCUT2D eigenvalue weighted by Gasteiger charge is -2.21. The van der Waals surface area contributed by atoms with E-state index in [9.17, 15) is 46.0 Å². The molecular formula is C99H81N3O9. The van der Waals surface area contributed by atoms with Crippen LogP contribution < -0.4 is 0 Å². The topological polar surface area (TPSA) is 219 Å². The van der Waals surface area contributed by atoms with Gasteiger partial charge in [-0.2, -0.15) is 0 Å². The second kappa shape index (κ2) is 36.8. The van der Waals surface area contributed by atoms with Crippen LogP contribution in [-0.2, 0) is 16.2 Å². The third-order valence-corrected chi connectivity index (χ3v) is 17.4. The fourth-order valence-electron chi connectivity index (χ4n) is 11.1. The molecule has 0 saturated carbocycles. The van der Waals surface area contributed by atoms with Gasteiger partial charge in [0.2, 0.25) is 0 Å². The Labute approximate surface area is 650 Å². The summed E-state index contributed by atoms with van der Waals surface area (Å²) < 4.78 is 0. The highest BCUT2D eigenvalue weighted by atomic mass is 16.3. The van der Waals surface area contributed by atoms with Crippen molar-refractivity contribution < 1.29 is 46.0 Å². The number of hydrogen-bond acceptors (Lipinski definition) is 12. The van der Waals surface area contributed by atoms with E-state index in [2.05, 4.69) is 107 Å². The predicted octanol–water partition coefficient (Wildman–Crippen LogP) is 15.4. The van der Waals surface area contributed by atoms with Crippen molar-refractivity contribution in [3.8, 4) is 124 Å². The zero-order valence-electron chi connectivity index (χ0n) is 63.0. The third-order valence-electron chi connectivity index (χ3n) is 17.4. The van der Waals surface area contributed by atoms with Gasteiger partial charge in [0.05, 0.1) is 67.1 Å². The van der Waals surface area contributed by atoms with E-state index in [1.54, 1.807) is 109 Å². The predicted molar refractivity (Wildman–Crippen MR) is 443 cm³/mol. The average Bonchev–Trinajstić information content (AvgIpc) is 0.759. The Kier molecular flexibility index (Phi) is 26.5.